The Balaban J connectivity index is 2.27. The number of nitrogens with one attached hydrogen (secondary N) is 1. The smallest absolute Gasteiger partial charge is 0.146 e. The SMILES string of the molecule is CCCOc1cccc(Nc2cc(OC)ccc2F)c1N. The third-order valence-electron chi connectivity index (χ3n) is 2.97. The van der Waals surface area contributed by atoms with Crippen molar-refractivity contribution in [1.29, 1.82) is 0 Å². The number of para-hydroxylation sites is 1. The number of nitrogen functional groups attached to an aromatic ring is 1. The van der Waals surface area contributed by atoms with E-state index in [-0.39, 0.29) is 5.82 Å². The van der Waals surface area contributed by atoms with E-state index in [9.17, 15) is 4.39 Å². The molecule has 0 saturated carbocycles. The minimum absolute atomic E-state index is 0.300. The first-order valence-corrected chi connectivity index (χ1v) is 6.77. The van der Waals surface area contributed by atoms with Gasteiger partial charge in [0.1, 0.15) is 17.3 Å². The van der Waals surface area contributed by atoms with E-state index in [1.54, 1.807) is 24.3 Å². The maximum absolute atomic E-state index is 13.8. The predicted molar refractivity (Wildman–Crippen MR) is 82.9 cm³/mol. The van der Waals surface area contributed by atoms with Gasteiger partial charge in [0.2, 0.25) is 0 Å². The monoisotopic (exact) mass is 290 g/mol. The Bertz CT molecular complexity index is 617. The molecule has 0 aliphatic heterocycles. The number of ether oxygens (including phenoxy) is 2. The van der Waals surface area contributed by atoms with Gasteiger partial charge in [-0.3, -0.25) is 0 Å². The molecular weight excluding hydrogens is 271 g/mol. The molecule has 0 aliphatic carbocycles. The molecule has 0 amide bonds. The average Bonchev–Trinajstić information content (AvgIpc) is 2.50. The Labute approximate surface area is 123 Å². The van der Waals surface area contributed by atoms with Crippen molar-refractivity contribution in [2.24, 2.45) is 0 Å². The van der Waals surface area contributed by atoms with Crippen LogP contribution in [0, 0.1) is 5.82 Å². The molecule has 0 unspecified atom stereocenters. The van der Waals surface area contributed by atoms with Crippen LogP contribution in [0.3, 0.4) is 0 Å². The first kappa shape index (κ1) is 15.0. The van der Waals surface area contributed by atoms with Gasteiger partial charge in [-0.15, -0.1) is 0 Å². The van der Waals surface area contributed by atoms with Gasteiger partial charge in [0.15, 0.2) is 0 Å². The minimum atomic E-state index is -0.380. The molecule has 0 aliphatic rings. The molecule has 0 spiro atoms. The summed E-state index contributed by atoms with van der Waals surface area (Å²) in [5, 5.41) is 2.97. The molecule has 0 bridgehead atoms. The minimum Gasteiger partial charge on any atom is -0.497 e. The summed E-state index contributed by atoms with van der Waals surface area (Å²) in [6, 6.07) is 9.85. The van der Waals surface area contributed by atoms with Crippen molar-refractivity contribution in [2.45, 2.75) is 13.3 Å². The Hall–Kier alpha value is -2.43. The van der Waals surface area contributed by atoms with Crippen LogP contribution in [0.5, 0.6) is 11.5 Å². The summed E-state index contributed by atoms with van der Waals surface area (Å²) in [7, 11) is 1.53. The van der Waals surface area contributed by atoms with Crippen molar-refractivity contribution in [2.75, 3.05) is 24.8 Å². The largest absolute Gasteiger partial charge is 0.497 e. The van der Waals surface area contributed by atoms with Crippen LogP contribution in [0.2, 0.25) is 0 Å². The highest BCUT2D eigenvalue weighted by Crippen LogP contribution is 2.33. The number of hydrogen-bond acceptors (Lipinski definition) is 4. The van der Waals surface area contributed by atoms with Crippen molar-refractivity contribution in [3.05, 3.63) is 42.2 Å². The standard InChI is InChI=1S/C16H19FN2O2/c1-3-9-21-15-6-4-5-13(16(15)18)19-14-10-11(20-2)7-8-12(14)17/h4-8,10,19H,3,9,18H2,1-2H3. The van der Waals surface area contributed by atoms with Gasteiger partial charge in [-0.05, 0) is 30.7 Å². The molecule has 5 heteroatoms. The number of halogens is 1. The maximum Gasteiger partial charge on any atom is 0.146 e. The molecule has 4 nitrogen and oxygen atoms in total. The molecule has 21 heavy (non-hydrogen) atoms. The van der Waals surface area contributed by atoms with Gasteiger partial charge in [0, 0.05) is 6.07 Å². The first-order chi connectivity index (χ1) is 10.2. The number of hydrogen-bond donors (Lipinski definition) is 2. The van der Waals surface area contributed by atoms with Crippen molar-refractivity contribution < 1.29 is 13.9 Å². The fourth-order valence-corrected chi connectivity index (χ4v) is 1.86. The molecule has 2 aromatic carbocycles. The molecule has 0 saturated heterocycles. The highest BCUT2D eigenvalue weighted by atomic mass is 19.1. The summed E-state index contributed by atoms with van der Waals surface area (Å²) in [6.07, 6.45) is 0.890. The average molecular weight is 290 g/mol. The van der Waals surface area contributed by atoms with Crippen LogP contribution in [-0.2, 0) is 0 Å². The van der Waals surface area contributed by atoms with E-state index < -0.39 is 0 Å². The molecule has 2 rings (SSSR count). The van der Waals surface area contributed by atoms with E-state index in [4.69, 9.17) is 15.2 Å². The van der Waals surface area contributed by atoms with Crippen molar-refractivity contribution in [3.8, 4) is 11.5 Å². The van der Waals surface area contributed by atoms with Gasteiger partial charge in [-0.25, -0.2) is 4.39 Å². The van der Waals surface area contributed by atoms with Gasteiger partial charge in [0.25, 0.3) is 0 Å². The number of benzene rings is 2. The van der Waals surface area contributed by atoms with Crippen LogP contribution in [0.15, 0.2) is 36.4 Å². The number of rotatable bonds is 6. The summed E-state index contributed by atoms with van der Waals surface area (Å²) in [4.78, 5) is 0. The molecule has 2 aromatic rings. The zero-order valence-electron chi connectivity index (χ0n) is 12.2. The van der Waals surface area contributed by atoms with Gasteiger partial charge in [-0.2, -0.15) is 0 Å². The fraction of sp³-hybridized carbons (Fsp3) is 0.250. The quantitative estimate of drug-likeness (QED) is 0.791. The first-order valence-electron chi connectivity index (χ1n) is 6.77. The molecule has 0 heterocycles. The maximum atomic E-state index is 13.8. The van der Waals surface area contributed by atoms with Crippen LogP contribution < -0.4 is 20.5 Å². The van der Waals surface area contributed by atoms with E-state index in [2.05, 4.69) is 5.32 Å². The normalized spacial score (nSPS) is 10.2. The van der Waals surface area contributed by atoms with Gasteiger partial charge in [0.05, 0.1) is 30.8 Å². The lowest BCUT2D eigenvalue weighted by atomic mass is 10.2. The number of methoxy groups -OCH3 is 1. The summed E-state index contributed by atoms with van der Waals surface area (Å²) in [5.41, 5.74) is 7.40. The number of nitrogens with two attached hydrogens (primary N) is 1. The second kappa shape index (κ2) is 6.83. The summed E-state index contributed by atoms with van der Waals surface area (Å²) >= 11 is 0. The van der Waals surface area contributed by atoms with Crippen molar-refractivity contribution in [1.82, 2.24) is 0 Å². The van der Waals surface area contributed by atoms with Gasteiger partial charge in [-0.1, -0.05) is 13.0 Å². The van der Waals surface area contributed by atoms with Crippen molar-refractivity contribution >= 4 is 17.1 Å². The third kappa shape index (κ3) is 3.56. The zero-order valence-corrected chi connectivity index (χ0v) is 12.2. The second-order valence-electron chi connectivity index (χ2n) is 4.54. The molecular formula is C16H19FN2O2. The molecule has 0 aromatic heterocycles. The van der Waals surface area contributed by atoms with Crippen LogP contribution in [-0.4, -0.2) is 13.7 Å². The van der Waals surface area contributed by atoms with Crippen LogP contribution in [0.25, 0.3) is 0 Å². The molecule has 112 valence electrons. The third-order valence-corrected chi connectivity index (χ3v) is 2.97. The van der Waals surface area contributed by atoms with E-state index >= 15 is 0 Å². The van der Waals surface area contributed by atoms with Crippen molar-refractivity contribution in [3.63, 3.8) is 0 Å². The summed E-state index contributed by atoms with van der Waals surface area (Å²) in [6.45, 7) is 2.60. The lowest BCUT2D eigenvalue weighted by Gasteiger charge is -2.14. The zero-order chi connectivity index (χ0) is 15.2. The highest BCUT2D eigenvalue weighted by molar-refractivity contribution is 5.77. The predicted octanol–water partition coefficient (Wildman–Crippen LogP) is 3.95. The van der Waals surface area contributed by atoms with Crippen LogP contribution in [0.1, 0.15) is 13.3 Å². The summed E-state index contributed by atoms with van der Waals surface area (Å²) < 4.78 is 24.5. The molecule has 0 fully saturated rings. The Morgan fingerprint density at radius 3 is 2.71 bits per heavy atom. The Kier molecular flexibility index (Phi) is 4.87. The second-order valence-corrected chi connectivity index (χ2v) is 4.54. The van der Waals surface area contributed by atoms with E-state index in [0.717, 1.165) is 6.42 Å². The Morgan fingerprint density at radius 1 is 1.19 bits per heavy atom. The lowest BCUT2D eigenvalue weighted by molar-refractivity contribution is 0.319. The summed E-state index contributed by atoms with van der Waals surface area (Å²) in [5.74, 6) is 0.774. The van der Waals surface area contributed by atoms with E-state index in [1.807, 2.05) is 13.0 Å². The molecule has 0 atom stereocenters. The lowest BCUT2D eigenvalue weighted by Crippen LogP contribution is -2.03. The van der Waals surface area contributed by atoms with Crippen LogP contribution in [0.4, 0.5) is 21.5 Å². The highest BCUT2D eigenvalue weighted by Gasteiger charge is 2.09. The topological polar surface area (TPSA) is 56.5 Å². The van der Waals surface area contributed by atoms with E-state index in [0.29, 0.717) is 35.2 Å². The fourth-order valence-electron chi connectivity index (χ4n) is 1.86. The van der Waals surface area contributed by atoms with Gasteiger partial charge >= 0.3 is 0 Å². The van der Waals surface area contributed by atoms with Gasteiger partial charge < -0.3 is 20.5 Å². The van der Waals surface area contributed by atoms with Crippen LogP contribution >= 0.6 is 0 Å². The Morgan fingerprint density at radius 2 is 2.00 bits per heavy atom. The molecule has 3 N–H and O–H groups in total. The van der Waals surface area contributed by atoms with E-state index in [1.165, 1.54) is 13.2 Å². The molecule has 0 radical (unpaired) electrons. The number of anilines is 3.